The predicted octanol–water partition coefficient (Wildman–Crippen LogP) is 4.13. The number of hydrogen-bond donors (Lipinski definition) is 0. The summed E-state index contributed by atoms with van der Waals surface area (Å²) in [6, 6.07) is 9.34. The van der Waals surface area contributed by atoms with E-state index in [-0.39, 0.29) is 0 Å². The standard InChI is InChI=1S/C11H6BrIO2/c12-11-8(2-1-3-9(11)13)10-5-4-7(6-14)15-10/h1-6H. The lowest BCUT2D eigenvalue weighted by Crippen LogP contribution is -1.80. The van der Waals surface area contributed by atoms with E-state index in [1.807, 2.05) is 18.2 Å². The Labute approximate surface area is 109 Å². The highest BCUT2D eigenvalue weighted by molar-refractivity contribution is 14.1. The molecule has 2 rings (SSSR count). The number of carbonyl (C=O) groups is 1. The van der Waals surface area contributed by atoms with Crippen LogP contribution in [0.3, 0.4) is 0 Å². The van der Waals surface area contributed by atoms with E-state index in [0.29, 0.717) is 17.8 Å². The van der Waals surface area contributed by atoms with E-state index in [1.54, 1.807) is 12.1 Å². The van der Waals surface area contributed by atoms with Crippen molar-refractivity contribution in [3.8, 4) is 11.3 Å². The van der Waals surface area contributed by atoms with Crippen LogP contribution in [-0.4, -0.2) is 6.29 Å². The molecule has 0 unspecified atom stereocenters. The number of benzene rings is 1. The Morgan fingerprint density at radius 2 is 2.07 bits per heavy atom. The summed E-state index contributed by atoms with van der Waals surface area (Å²) in [6.45, 7) is 0. The van der Waals surface area contributed by atoms with Crippen LogP contribution in [0.2, 0.25) is 0 Å². The molecule has 2 aromatic rings. The third-order valence-electron chi connectivity index (χ3n) is 1.96. The van der Waals surface area contributed by atoms with E-state index in [9.17, 15) is 4.79 Å². The summed E-state index contributed by atoms with van der Waals surface area (Å²) in [5.41, 5.74) is 0.954. The summed E-state index contributed by atoms with van der Waals surface area (Å²) in [5, 5.41) is 0. The zero-order valence-corrected chi connectivity index (χ0v) is 11.3. The van der Waals surface area contributed by atoms with Crippen LogP contribution in [-0.2, 0) is 0 Å². The normalized spacial score (nSPS) is 10.3. The second-order valence-corrected chi connectivity index (χ2v) is 4.88. The lowest BCUT2D eigenvalue weighted by atomic mass is 10.2. The smallest absolute Gasteiger partial charge is 0.185 e. The number of aldehydes is 1. The van der Waals surface area contributed by atoms with Gasteiger partial charge >= 0.3 is 0 Å². The van der Waals surface area contributed by atoms with Crippen molar-refractivity contribution in [1.82, 2.24) is 0 Å². The van der Waals surface area contributed by atoms with Gasteiger partial charge in [-0.1, -0.05) is 12.1 Å². The van der Waals surface area contributed by atoms with Crippen LogP contribution >= 0.6 is 38.5 Å². The Morgan fingerprint density at radius 1 is 1.27 bits per heavy atom. The molecule has 1 aromatic heterocycles. The van der Waals surface area contributed by atoms with Gasteiger partial charge in [0.05, 0.1) is 0 Å². The van der Waals surface area contributed by atoms with Gasteiger partial charge in [-0.05, 0) is 56.7 Å². The van der Waals surface area contributed by atoms with Gasteiger partial charge in [-0.25, -0.2) is 0 Å². The van der Waals surface area contributed by atoms with Gasteiger partial charge in [0.1, 0.15) is 5.76 Å². The first-order valence-electron chi connectivity index (χ1n) is 4.22. The average molecular weight is 377 g/mol. The molecule has 76 valence electrons. The van der Waals surface area contributed by atoms with Crippen LogP contribution in [0.1, 0.15) is 10.6 Å². The minimum absolute atomic E-state index is 0.343. The predicted molar refractivity (Wildman–Crippen MR) is 69.9 cm³/mol. The molecule has 4 heteroatoms. The molecule has 1 aromatic carbocycles. The summed E-state index contributed by atoms with van der Waals surface area (Å²) < 4.78 is 7.44. The number of carbonyl (C=O) groups excluding carboxylic acids is 1. The molecule has 0 aliphatic carbocycles. The lowest BCUT2D eigenvalue weighted by Gasteiger charge is -2.02. The summed E-state index contributed by atoms with van der Waals surface area (Å²) in [4.78, 5) is 10.5. The summed E-state index contributed by atoms with van der Waals surface area (Å²) in [5.74, 6) is 1.04. The largest absolute Gasteiger partial charge is 0.453 e. The van der Waals surface area contributed by atoms with Gasteiger partial charge in [-0.3, -0.25) is 4.79 Å². The number of furan rings is 1. The third kappa shape index (κ3) is 2.15. The minimum Gasteiger partial charge on any atom is -0.453 e. The third-order valence-corrected chi connectivity index (χ3v) is 4.45. The topological polar surface area (TPSA) is 30.2 Å². The van der Waals surface area contributed by atoms with Crippen molar-refractivity contribution in [3.63, 3.8) is 0 Å². The van der Waals surface area contributed by atoms with Crippen molar-refractivity contribution < 1.29 is 9.21 Å². The fourth-order valence-electron chi connectivity index (χ4n) is 1.26. The Bertz CT molecular complexity index is 505. The zero-order chi connectivity index (χ0) is 10.8. The summed E-state index contributed by atoms with van der Waals surface area (Å²) in [7, 11) is 0. The molecule has 0 N–H and O–H groups in total. The molecule has 2 nitrogen and oxygen atoms in total. The fourth-order valence-corrected chi connectivity index (χ4v) is 2.21. The maximum Gasteiger partial charge on any atom is 0.185 e. The maximum absolute atomic E-state index is 10.5. The second-order valence-electron chi connectivity index (χ2n) is 2.92. The fraction of sp³-hybridized carbons (Fsp3) is 0. The Hall–Kier alpha value is -0.620. The van der Waals surface area contributed by atoms with E-state index < -0.39 is 0 Å². The molecule has 0 spiro atoms. The van der Waals surface area contributed by atoms with Crippen LogP contribution in [0, 0.1) is 3.57 Å². The molecule has 0 amide bonds. The highest BCUT2D eigenvalue weighted by Crippen LogP contribution is 2.32. The molecule has 0 bridgehead atoms. The maximum atomic E-state index is 10.5. The van der Waals surface area contributed by atoms with E-state index in [2.05, 4.69) is 38.5 Å². The highest BCUT2D eigenvalue weighted by Gasteiger charge is 2.09. The van der Waals surface area contributed by atoms with Crippen molar-refractivity contribution in [2.24, 2.45) is 0 Å². The molecule has 0 saturated heterocycles. The van der Waals surface area contributed by atoms with Gasteiger partial charge in [-0.2, -0.15) is 0 Å². The molecule has 0 fully saturated rings. The van der Waals surface area contributed by atoms with E-state index in [4.69, 9.17) is 4.42 Å². The summed E-state index contributed by atoms with van der Waals surface area (Å²) in [6.07, 6.45) is 0.700. The van der Waals surface area contributed by atoms with Crippen molar-refractivity contribution in [2.45, 2.75) is 0 Å². The average Bonchev–Trinajstić information content (AvgIpc) is 2.70. The lowest BCUT2D eigenvalue weighted by molar-refractivity contribution is 0.110. The summed E-state index contributed by atoms with van der Waals surface area (Å²) >= 11 is 5.73. The van der Waals surface area contributed by atoms with Crippen LogP contribution in [0.4, 0.5) is 0 Å². The molecule has 0 radical (unpaired) electrons. The minimum atomic E-state index is 0.343. The van der Waals surface area contributed by atoms with Gasteiger partial charge in [0.15, 0.2) is 12.0 Å². The first-order chi connectivity index (χ1) is 7.22. The SMILES string of the molecule is O=Cc1ccc(-c2cccc(I)c2Br)o1. The molecule has 0 aliphatic rings. The van der Waals surface area contributed by atoms with Gasteiger partial charge in [0, 0.05) is 13.6 Å². The van der Waals surface area contributed by atoms with E-state index >= 15 is 0 Å². The van der Waals surface area contributed by atoms with Crippen molar-refractivity contribution in [3.05, 3.63) is 44.1 Å². The van der Waals surface area contributed by atoms with Crippen molar-refractivity contribution in [2.75, 3.05) is 0 Å². The molecular formula is C11H6BrIO2. The van der Waals surface area contributed by atoms with Crippen LogP contribution < -0.4 is 0 Å². The molecule has 0 saturated carbocycles. The molecule has 0 atom stereocenters. The van der Waals surface area contributed by atoms with Gasteiger partial charge in [0.2, 0.25) is 0 Å². The van der Waals surface area contributed by atoms with Gasteiger partial charge < -0.3 is 4.42 Å². The monoisotopic (exact) mass is 376 g/mol. The Morgan fingerprint density at radius 3 is 2.73 bits per heavy atom. The Balaban J connectivity index is 2.53. The first-order valence-corrected chi connectivity index (χ1v) is 6.09. The first kappa shape index (κ1) is 10.9. The second kappa shape index (κ2) is 4.49. The number of rotatable bonds is 2. The van der Waals surface area contributed by atoms with Crippen LogP contribution in [0.5, 0.6) is 0 Å². The quantitative estimate of drug-likeness (QED) is 0.582. The van der Waals surface area contributed by atoms with Gasteiger partial charge in [0.25, 0.3) is 0 Å². The zero-order valence-electron chi connectivity index (χ0n) is 7.54. The van der Waals surface area contributed by atoms with Crippen LogP contribution in [0.25, 0.3) is 11.3 Å². The molecular weight excluding hydrogens is 371 g/mol. The van der Waals surface area contributed by atoms with Crippen LogP contribution in [0.15, 0.2) is 39.2 Å². The van der Waals surface area contributed by atoms with Crippen molar-refractivity contribution in [1.29, 1.82) is 0 Å². The van der Waals surface area contributed by atoms with Gasteiger partial charge in [-0.15, -0.1) is 0 Å². The molecule has 1 heterocycles. The number of hydrogen-bond acceptors (Lipinski definition) is 2. The Kier molecular flexibility index (Phi) is 3.25. The molecule has 15 heavy (non-hydrogen) atoms. The molecule has 0 aliphatic heterocycles. The highest BCUT2D eigenvalue weighted by atomic mass is 127. The number of halogens is 2. The van der Waals surface area contributed by atoms with Crippen molar-refractivity contribution >= 4 is 44.8 Å². The van der Waals surface area contributed by atoms with E-state index in [0.717, 1.165) is 13.6 Å². The van der Waals surface area contributed by atoms with E-state index in [1.165, 1.54) is 0 Å².